The number of anilines is 1. The quantitative estimate of drug-likeness (QED) is 0.828. The fourth-order valence-corrected chi connectivity index (χ4v) is 5.01. The molecular weight excluding hydrogens is 340 g/mol. The van der Waals surface area contributed by atoms with Crippen LogP contribution >= 0.6 is 0 Å². The van der Waals surface area contributed by atoms with Gasteiger partial charge in [0, 0.05) is 30.9 Å². The van der Waals surface area contributed by atoms with E-state index in [2.05, 4.69) is 5.32 Å². The minimum absolute atomic E-state index is 0.101. The maximum absolute atomic E-state index is 12.7. The van der Waals surface area contributed by atoms with E-state index in [0.29, 0.717) is 23.8 Å². The van der Waals surface area contributed by atoms with Gasteiger partial charge in [-0.15, -0.1) is 0 Å². The highest BCUT2D eigenvalue weighted by molar-refractivity contribution is 5.92. The molecule has 3 N–H and O–H groups in total. The highest BCUT2D eigenvalue weighted by Crippen LogP contribution is 2.42. The van der Waals surface area contributed by atoms with Crippen LogP contribution in [-0.2, 0) is 9.53 Å². The average Bonchev–Trinajstić information content (AvgIpc) is 2.68. The first-order chi connectivity index (χ1) is 13.2. The Morgan fingerprint density at radius 2 is 1.74 bits per heavy atom. The van der Waals surface area contributed by atoms with Crippen molar-refractivity contribution in [2.24, 2.45) is 29.4 Å². The van der Waals surface area contributed by atoms with E-state index in [0.717, 1.165) is 56.9 Å². The van der Waals surface area contributed by atoms with Crippen molar-refractivity contribution in [3.63, 3.8) is 0 Å². The third kappa shape index (κ3) is 4.64. The lowest BCUT2D eigenvalue weighted by atomic mass is 9.65. The topological polar surface area (TPSA) is 73.6 Å². The second kappa shape index (κ2) is 8.61. The maximum atomic E-state index is 12.7. The summed E-state index contributed by atoms with van der Waals surface area (Å²) in [6.45, 7) is 2.42. The van der Waals surface area contributed by atoms with Crippen LogP contribution in [0.3, 0.4) is 0 Å². The second-order valence-electron chi connectivity index (χ2n) is 8.58. The SMILES string of the molecule is NC1C2CCCC1CC(C(=O)Nc1ccc(OCC3CCOCC3)cc1)C2. The zero-order valence-electron chi connectivity index (χ0n) is 16.1. The first kappa shape index (κ1) is 18.8. The zero-order valence-corrected chi connectivity index (χ0v) is 16.1. The smallest absolute Gasteiger partial charge is 0.227 e. The Morgan fingerprint density at radius 1 is 1.07 bits per heavy atom. The van der Waals surface area contributed by atoms with Gasteiger partial charge in [-0.25, -0.2) is 0 Å². The van der Waals surface area contributed by atoms with Crippen molar-refractivity contribution in [3.8, 4) is 5.75 Å². The number of carbonyl (C=O) groups excluding carboxylic acids is 1. The van der Waals surface area contributed by atoms with Gasteiger partial charge >= 0.3 is 0 Å². The van der Waals surface area contributed by atoms with Gasteiger partial charge in [0.15, 0.2) is 0 Å². The summed E-state index contributed by atoms with van der Waals surface area (Å²) in [5, 5.41) is 3.10. The highest BCUT2D eigenvalue weighted by atomic mass is 16.5. The monoisotopic (exact) mass is 372 g/mol. The van der Waals surface area contributed by atoms with Gasteiger partial charge < -0.3 is 20.5 Å². The Hall–Kier alpha value is -1.59. The molecule has 2 unspecified atom stereocenters. The molecule has 1 heterocycles. The molecule has 27 heavy (non-hydrogen) atoms. The van der Waals surface area contributed by atoms with Gasteiger partial charge in [-0.2, -0.15) is 0 Å². The predicted octanol–water partition coefficient (Wildman–Crippen LogP) is 3.58. The van der Waals surface area contributed by atoms with E-state index in [-0.39, 0.29) is 11.8 Å². The number of hydrogen-bond acceptors (Lipinski definition) is 4. The summed E-state index contributed by atoms with van der Waals surface area (Å²) in [6, 6.07) is 8.06. The normalized spacial score (nSPS) is 31.3. The van der Waals surface area contributed by atoms with Crippen molar-refractivity contribution in [2.75, 3.05) is 25.1 Å². The van der Waals surface area contributed by atoms with Crippen molar-refractivity contribution in [2.45, 2.75) is 51.0 Å². The number of hydrogen-bond donors (Lipinski definition) is 2. The zero-order chi connectivity index (χ0) is 18.6. The van der Waals surface area contributed by atoms with Crippen LogP contribution in [0.1, 0.15) is 44.9 Å². The van der Waals surface area contributed by atoms with Gasteiger partial charge in [-0.05, 0) is 80.5 Å². The van der Waals surface area contributed by atoms with E-state index in [4.69, 9.17) is 15.2 Å². The third-order valence-corrected chi connectivity index (χ3v) is 6.73. The van der Waals surface area contributed by atoms with Gasteiger partial charge in [0.2, 0.25) is 5.91 Å². The lowest BCUT2D eigenvalue weighted by molar-refractivity contribution is -0.122. The number of nitrogens with two attached hydrogens (primary N) is 1. The molecule has 2 aliphatic carbocycles. The van der Waals surface area contributed by atoms with E-state index in [1.165, 1.54) is 19.3 Å². The number of rotatable bonds is 5. The van der Waals surface area contributed by atoms with Crippen LogP contribution in [0.5, 0.6) is 5.75 Å². The molecule has 2 atom stereocenters. The molecule has 1 aromatic rings. The summed E-state index contributed by atoms with van der Waals surface area (Å²) in [5.74, 6) is 2.73. The van der Waals surface area contributed by atoms with Crippen molar-refractivity contribution >= 4 is 11.6 Å². The number of nitrogens with one attached hydrogen (secondary N) is 1. The summed E-state index contributed by atoms with van der Waals surface area (Å²) < 4.78 is 11.3. The number of carbonyl (C=O) groups is 1. The molecular formula is C22H32N2O3. The maximum Gasteiger partial charge on any atom is 0.227 e. The van der Waals surface area contributed by atoms with Crippen LogP contribution < -0.4 is 15.8 Å². The molecule has 148 valence electrons. The molecule has 0 aromatic heterocycles. The van der Waals surface area contributed by atoms with Crippen LogP contribution in [-0.4, -0.2) is 31.8 Å². The molecule has 3 fully saturated rings. The molecule has 0 radical (unpaired) electrons. The number of benzene rings is 1. The van der Waals surface area contributed by atoms with Crippen LogP contribution in [0.15, 0.2) is 24.3 Å². The summed E-state index contributed by atoms with van der Waals surface area (Å²) >= 11 is 0. The third-order valence-electron chi connectivity index (χ3n) is 6.73. The van der Waals surface area contributed by atoms with E-state index in [1.54, 1.807) is 0 Å². The Balaban J connectivity index is 1.27. The first-order valence-electron chi connectivity index (χ1n) is 10.6. The summed E-state index contributed by atoms with van der Waals surface area (Å²) in [7, 11) is 0. The second-order valence-corrected chi connectivity index (χ2v) is 8.58. The summed E-state index contributed by atoms with van der Waals surface area (Å²) in [5.41, 5.74) is 7.19. The molecule has 2 bridgehead atoms. The molecule has 4 rings (SSSR count). The van der Waals surface area contributed by atoms with Crippen molar-refractivity contribution in [1.29, 1.82) is 0 Å². The molecule has 1 amide bonds. The van der Waals surface area contributed by atoms with E-state index in [1.807, 2.05) is 24.3 Å². The minimum Gasteiger partial charge on any atom is -0.493 e. The van der Waals surface area contributed by atoms with E-state index in [9.17, 15) is 4.79 Å². The molecule has 1 saturated heterocycles. The van der Waals surface area contributed by atoms with Crippen LogP contribution in [0.4, 0.5) is 5.69 Å². The van der Waals surface area contributed by atoms with E-state index >= 15 is 0 Å². The average molecular weight is 373 g/mol. The molecule has 3 aliphatic rings. The van der Waals surface area contributed by atoms with E-state index < -0.39 is 0 Å². The summed E-state index contributed by atoms with van der Waals surface area (Å²) in [4.78, 5) is 12.7. The molecule has 0 spiro atoms. The predicted molar refractivity (Wildman–Crippen MR) is 106 cm³/mol. The van der Waals surface area contributed by atoms with Crippen molar-refractivity contribution in [3.05, 3.63) is 24.3 Å². The first-order valence-corrected chi connectivity index (χ1v) is 10.6. The fraction of sp³-hybridized carbons (Fsp3) is 0.682. The Bertz CT molecular complexity index is 613. The Kier molecular flexibility index (Phi) is 5.98. The van der Waals surface area contributed by atoms with Gasteiger partial charge in [0.1, 0.15) is 5.75 Å². The summed E-state index contributed by atoms with van der Waals surface area (Å²) in [6.07, 6.45) is 7.65. The molecule has 5 heteroatoms. The largest absolute Gasteiger partial charge is 0.493 e. The Morgan fingerprint density at radius 3 is 2.41 bits per heavy atom. The standard InChI is InChI=1S/C22H32N2O3/c23-21-16-2-1-3-17(21)13-18(12-16)22(25)24-19-4-6-20(7-5-19)27-14-15-8-10-26-11-9-15/h4-7,15-18,21H,1-3,8-14,23H2,(H,24,25). The van der Waals surface area contributed by atoms with Gasteiger partial charge in [0.25, 0.3) is 0 Å². The van der Waals surface area contributed by atoms with Gasteiger partial charge in [-0.1, -0.05) is 6.42 Å². The van der Waals surface area contributed by atoms with Crippen LogP contribution in [0.2, 0.25) is 0 Å². The molecule has 2 saturated carbocycles. The Labute approximate surface area is 162 Å². The molecule has 1 aromatic carbocycles. The number of ether oxygens (including phenoxy) is 2. The lowest BCUT2D eigenvalue weighted by Gasteiger charge is -2.43. The lowest BCUT2D eigenvalue weighted by Crippen LogP contribution is -2.48. The molecule has 1 aliphatic heterocycles. The highest BCUT2D eigenvalue weighted by Gasteiger charge is 2.40. The number of amides is 1. The van der Waals surface area contributed by atoms with Crippen molar-refractivity contribution < 1.29 is 14.3 Å². The van der Waals surface area contributed by atoms with Crippen molar-refractivity contribution in [1.82, 2.24) is 0 Å². The number of fused-ring (bicyclic) bond motifs is 2. The molecule has 5 nitrogen and oxygen atoms in total. The van der Waals surface area contributed by atoms with Crippen LogP contribution in [0.25, 0.3) is 0 Å². The van der Waals surface area contributed by atoms with Gasteiger partial charge in [0.05, 0.1) is 6.61 Å². The van der Waals surface area contributed by atoms with Gasteiger partial charge in [-0.3, -0.25) is 4.79 Å². The fourth-order valence-electron chi connectivity index (χ4n) is 5.01. The minimum atomic E-state index is 0.101. The van der Waals surface area contributed by atoms with Crippen LogP contribution in [0, 0.1) is 23.7 Å².